The predicted octanol–water partition coefficient (Wildman–Crippen LogP) is 13.2. The summed E-state index contributed by atoms with van der Waals surface area (Å²) in [6.07, 6.45) is 36.5. The van der Waals surface area contributed by atoms with Crippen LogP contribution in [0.15, 0.2) is 23.8 Å². The van der Waals surface area contributed by atoms with E-state index >= 15 is 0 Å². The minimum atomic E-state index is 0.0526. The molecule has 0 spiro atoms. The molecule has 2 heteroatoms. The van der Waals surface area contributed by atoms with Gasteiger partial charge in [0.1, 0.15) is 6.10 Å². The monoisotopic (exact) mass is 623 g/mol. The summed E-state index contributed by atoms with van der Waals surface area (Å²) in [6, 6.07) is 0. The van der Waals surface area contributed by atoms with Crippen LogP contribution in [0, 0.1) is 46.3 Å². The molecule has 3 saturated carbocycles. The Morgan fingerprint density at radius 2 is 1.56 bits per heavy atom. The summed E-state index contributed by atoms with van der Waals surface area (Å²) >= 11 is 0. The van der Waals surface area contributed by atoms with Gasteiger partial charge in [-0.05, 0) is 123 Å². The van der Waals surface area contributed by atoms with Crippen molar-refractivity contribution < 1.29 is 9.53 Å². The molecule has 4 aliphatic carbocycles. The van der Waals surface area contributed by atoms with Crippen LogP contribution >= 0.6 is 0 Å². The van der Waals surface area contributed by atoms with Gasteiger partial charge in [-0.25, -0.2) is 0 Å². The number of esters is 1. The van der Waals surface area contributed by atoms with E-state index in [4.69, 9.17) is 4.74 Å². The molecule has 3 fully saturated rings. The maximum Gasteiger partial charge on any atom is 0.306 e. The van der Waals surface area contributed by atoms with Crippen molar-refractivity contribution in [1.82, 2.24) is 0 Å². The number of allylic oxidation sites excluding steroid dienone is 3. The van der Waals surface area contributed by atoms with Crippen LogP contribution in [0.4, 0.5) is 0 Å². The first kappa shape index (κ1) is 36.8. The highest BCUT2D eigenvalue weighted by atomic mass is 16.5. The molecule has 2 nitrogen and oxygen atoms in total. The lowest BCUT2D eigenvalue weighted by Gasteiger charge is -2.58. The lowest BCUT2D eigenvalue weighted by molar-refractivity contribution is -0.151. The van der Waals surface area contributed by atoms with Crippen molar-refractivity contribution in [3.63, 3.8) is 0 Å². The standard InChI is InChI=1S/C43H74O2/c1-7-8-9-10-11-12-13-14-15-16-17-18-19-23-41(44)45-36-28-30-42(5)35(32-36)24-25-37-39-27-26-38(34(4)22-20-21-33(2)3)43(39,6)31-29-40(37)42/h12-13,24,33-34,36-40H,7-11,14-23,25-32H2,1-6H3/t34-,36?,37?,38-,39?,40?,42+,43-/m1/s1. The molecule has 8 atom stereocenters. The van der Waals surface area contributed by atoms with E-state index in [2.05, 4.69) is 59.8 Å². The predicted molar refractivity (Wildman–Crippen MR) is 193 cm³/mol. The van der Waals surface area contributed by atoms with Gasteiger partial charge in [0.15, 0.2) is 0 Å². The van der Waals surface area contributed by atoms with E-state index in [-0.39, 0.29) is 12.1 Å². The lowest BCUT2D eigenvalue weighted by atomic mass is 9.47. The summed E-state index contributed by atoms with van der Waals surface area (Å²) in [7, 11) is 0. The normalized spacial score (nSPS) is 33.5. The maximum absolute atomic E-state index is 12.8. The molecule has 258 valence electrons. The smallest absolute Gasteiger partial charge is 0.306 e. The third kappa shape index (κ3) is 9.75. The first-order chi connectivity index (χ1) is 21.7. The van der Waals surface area contributed by atoms with Crippen molar-refractivity contribution in [3.8, 4) is 0 Å². The Labute approximate surface area is 280 Å². The van der Waals surface area contributed by atoms with Crippen LogP contribution < -0.4 is 0 Å². The number of unbranched alkanes of at least 4 members (excludes halogenated alkanes) is 9. The van der Waals surface area contributed by atoms with Gasteiger partial charge in [-0.2, -0.15) is 0 Å². The van der Waals surface area contributed by atoms with Crippen molar-refractivity contribution >= 4 is 5.97 Å². The van der Waals surface area contributed by atoms with Gasteiger partial charge in [-0.1, -0.05) is 123 Å². The van der Waals surface area contributed by atoms with Gasteiger partial charge in [0, 0.05) is 12.8 Å². The molecule has 0 radical (unpaired) electrons. The highest BCUT2D eigenvalue weighted by Gasteiger charge is 2.59. The van der Waals surface area contributed by atoms with Crippen LogP contribution in [0.5, 0.6) is 0 Å². The van der Waals surface area contributed by atoms with Crippen LogP contribution in [0.3, 0.4) is 0 Å². The molecule has 4 aliphatic rings. The number of ether oxygens (including phenoxy) is 1. The van der Waals surface area contributed by atoms with E-state index in [0.29, 0.717) is 17.3 Å². The summed E-state index contributed by atoms with van der Waals surface area (Å²) in [4.78, 5) is 12.8. The molecule has 0 aromatic heterocycles. The molecule has 45 heavy (non-hydrogen) atoms. The highest BCUT2D eigenvalue weighted by molar-refractivity contribution is 5.69. The van der Waals surface area contributed by atoms with Crippen molar-refractivity contribution in [2.75, 3.05) is 0 Å². The van der Waals surface area contributed by atoms with Crippen molar-refractivity contribution in [2.24, 2.45) is 46.3 Å². The average molecular weight is 623 g/mol. The number of carbonyl (C=O) groups is 1. The number of carbonyl (C=O) groups excluding carboxylic acids is 1. The van der Waals surface area contributed by atoms with Crippen molar-refractivity contribution in [2.45, 2.75) is 195 Å². The topological polar surface area (TPSA) is 26.3 Å². The molecule has 0 aliphatic heterocycles. The Morgan fingerprint density at radius 3 is 2.29 bits per heavy atom. The molecule has 0 aromatic carbocycles. The Balaban J connectivity index is 1.16. The van der Waals surface area contributed by atoms with Crippen molar-refractivity contribution in [3.05, 3.63) is 23.8 Å². The van der Waals surface area contributed by atoms with Crippen LogP contribution in [0.1, 0.15) is 189 Å². The number of hydrogen-bond donors (Lipinski definition) is 0. The SMILES string of the molecule is CCCCCCC=CCCCCCCCC(=O)OC1CC[C@@]2(C)C(=CCC3C2CC[C@@]2(C)C3CC[C@@H]2[C@H](C)CCCC(C)C)C1. The molecule has 4 rings (SSSR count). The lowest BCUT2D eigenvalue weighted by Crippen LogP contribution is -2.51. The minimum absolute atomic E-state index is 0.0526. The third-order valence-electron chi connectivity index (χ3n) is 13.7. The van der Waals surface area contributed by atoms with E-state index in [9.17, 15) is 4.79 Å². The largest absolute Gasteiger partial charge is 0.462 e. The number of hydrogen-bond acceptors (Lipinski definition) is 2. The molecule has 0 aromatic rings. The molecule has 0 N–H and O–H groups in total. The highest BCUT2D eigenvalue weighted by Crippen LogP contribution is 2.67. The molecule has 4 unspecified atom stereocenters. The second-order valence-electron chi connectivity index (χ2n) is 17.3. The van der Waals surface area contributed by atoms with E-state index in [1.807, 2.05) is 0 Å². The molecular weight excluding hydrogens is 548 g/mol. The summed E-state index contributed by atoms with van der Waals surface area (Å²) in [5.74, 6) is 5.32. The fourth-order valence-electron chi connectivity index (χ4n) is 11.0. The fourth-order valence-corrected chi connectivity index (χ4v) is 11.0. The number of fused-ring (bicyclic) bond motifs is 5. The molecule has 0 amide bonds. The zero-order valence-corrected chi connectivity index (χ0v) is 30.9. The number of rotatable bonds is 19. The van der Waals surface area contributed by atoms with Gasteiger partial charge >= 0.3 is 5.97 Å². The Hall–Kier alpha value is -1.05. The van der Waals surface area contributed by atoms with Crippen molar-refractivity contribution in [1.29, 1.82) is 0 Å². The maximum atomic E-state index is 12.8. The van der Waals surface area contributed by atoms with Gasteiger partial charge in [0.2, 0.25) is 0 Å². The van der Waals surface area contributed by atoms with Gasteiger partial charge in [-0.15, -0.1) is 0 Å². The molecule has 0 bridgehead atoms. The Kier molecular flexibility index (Phi) is 14.6. The molecule has 0 heterocycles. The summed E-state index contributed by atoms with van der Waals surface area (Å²) in [5, 5.41) is 0. The second kappa shape index (κ2) is 17.9. The van der Waals surface area contributed by atoms with Crippen LogP contribution in [-0.2, 0) is 9.53 Å². The van der Waals surface area contributed by atoms with E-state index in [1.165, 1.54) is 116 Å². The zero-order chi connectivity index (χ0) is 32.3. The average Bonchev–Trinajstić information content (AvgIpc) is 3.37. The van der Waals surface area contributed by atoms with E-state index in [0.717, 1.165) is 61.2 Å². The van der Waals surface area contributed by atoms with Gasteiger partial charge in [0.05, 0.1) is 0 Å². The van der Waals surface area contributed by atoms with Crippen LogP contribution in [-0.4, -0.2) is 12.1 Å². The van der Waals surface area contributed by atoms with E-state index in [1.54, 1.807) is 5.57 Å². The fraction of sp³-hybridized carbons (Fsp3) is 0.884. The summed E-state index contributed by atoms with van der Waals surface area (Å²) in [5.41, 5.74) is 2.53. The molecular formula is C43H74O2. The Bertz CT molecular complexity index is 945. The molecule has 0 saturated heterocycles. The summed E-state index contributed by atoms with van der Waals surface area (Å²) < 4.78 is 6.11. The quantitative estimate of drug-likeness (QED) is 0.0814. The van der Waals surface area contributed by atoms with Gasteiger partial charge < -0.3 is 4.74 Å². The minimum Gasteiger partial charge on any atom is -0.462 e. The second-order valence-corrected chi connectivity index (χ2v) is 17.3. The first-order valence-corrected chi connectivity index (χ1v) is 20.2. The third-order valence-corrected chi connectivity index (χ3v) is 13.7. The van der Waals surface area contributed by atoms with Gasteiger partial charge in [-0.3, -0.25) is 4.79 Å². The van der Waals surface area contributed by atoms with Gasteiger partial charge in [0.25, 0.3) is 0 Å². The first-order valence-electron chi connectivity index (χ1n) is 20.2. The van der Waals surface area contributed by atoms with Crippen LogP contribution in [0.2, 0.25) is 0 Å². The van der Waals surface area contributed by atoms with Crippen LogP contribution in [0.25, 0.3) is 0 Å². The van der Waals surface area contributed by atoms with E-state index < -0.39 is 0 Å². The Morgan fingerprint density at radius 1 is 0.844 bits per heavy atom. The zero-order valence-electron chi connectivity index (χ0n) is 30.9. The summed E-state index contributed by atoms with van der Waals surface area (Å²) in [6.45, 7) is 14.9.